The third-order valence-corrected chi connectivity index (χ3v) is 3.31. The van der Waals surface area contributed by atoms with Crippen molar-refractivity contribution in [2.75, 3.05) is 0 Å². The van der Waals surface area contributed by atoms with Gasteiger partial charge < -0.3 is 5.73 Å². The SMILES string of the molecule is CC(=O)c1cccc(CN)c1.CCc1cccc(C(C)=O)c1. The summed E-state index contributed by atoms with van der Waals surface area (Å²) in [7, 11) is 0. The summed E-state index contributed by atoms with van der Waals surface area (Å²) in [6, 6.07) is 15.1. The van der Waals surface area contributed by atoms with Gasteiger partial charge in [0.1, 0.15) is 0 Å². The number of carbonyl (C=O) groups is 2. The van der Waals surface area contributed by atoms with Crippen LogP contribution in [-0.4, -0.2) is 11.6 Å². The van der Waals surface area contributed by atoms with Gasteiger partial charge in [0, 0.05) is 17.7 Å². The molecule has 0 saturated heterocycles. The van der Waals surface area contributed by atoms with Gasteiger partial charge in [0.25, 0.3) is 0 Å². The molecule has 2 aromatic rings. The Bertz CT molecular complexity index is 590. The van der Waals surface area contributed by atoms with E-state index in [1.54, 1.807) is 19.9 Å². The minimum atomic E-state index is 0.0836. The molecule has 0 aliphatic heterocycles. The molecule has 0 unspecified atom stereocenters. The van der Waals surface area contributed by atoms with Crippen molar-refractivity contribution in [2.24, 2.45) is 5.73 Å². The molecule has 0 atom stereocenters. The molecule has 0 fully saturated rings. The van der Waals surface area contributed by atoms with Crippen molar-refractivity contribution >= 4 is 11.6 Å². The second kappa shape index (κ2) is 8.90. The number of Topliss-reactive ketones (excluding diaryl/α,β-unsaturated/α-hetero) is 2. The zero-order valence-corrected chi connectivity index (χ0v) is 13.4. The molecule has 0 radical (unpaired) electrons. The van der Waals surface area contributed by atoms with Crippen molar-refractivity contribution in [3.8, 4) is 0 Å². The summed E-state index contributed by atoms with van der Waals surface area (Å²) in [5.41, 5.74) is 9.16. The zero-order valence-electron chi connectivity index (χ0n) is 13.4. The van der Waals surface area contributed by atoms with Crippen LogP contribution in [0, 0.1) is 0 Å². The van der Waals surface area contributed by atoms with Crippen molar-refractivity contribution in [1.29, 1.82) is 0 Å². The highest BCUT2D eigenvalue weighted by molar-refractivity contribution is 5.94. The van der Waals surface area contributed by atoms with Gasteiger partial charge in [-0.15, -0.1) is 0 Å². The molecule has 116 valence electrons. The molecule has 3 nitrogen and oxygen atoms in total. The first kappa shape index (κ1) is 17.8. The molecule has 0 aromatic heterocycles. The minimum absolute atomic E-state index is 0.0836. The fraction of sp³-hybridized carbons (Fsp3) is 0.263. The molecule has 0 aliphatic rings. The van der Waals surface area contributed by atoms with E-state index in [9.17, 15) is 9.59 Å². The van der Waals surface area contributed by atoms with Crippen LogP contribution in [0.25, 0.3) is 0 Å². The maximum absolute atomic E-state index is 10.9. The van der Waals surface area contributed by atoms with Gasteiger partial charge in [-0.05, 0) is 43.5 Å². The van der Waals surface area contributed by atoms with Crippen LogP contribution in [0.3, 0.4) is 0 Å². The number of hydrogen-bond acceptors (Lipinski definition) is 3. The minimum Gasteiger partial charge on any atom is -0.326 e. The van der Waals surface area contributed by atoms with E-state index < -0.39 is 0 Å². The molecular weight excluding hydrogens is 274 g/mol. The van der Waals surface area contributed by atoms with Crippen LogP contribution in [0.4, 0.5) is 0 Å². The largest absolute Gasteiger partial charge is 0.326 e. The summed E-state index contributed by atoms with van der Waals surface area (Å²) in [5, 5.41) is 0. The van der Waals surface area contributed by atoms with Crippen LogP contribution in [0.2, 0.25) is 0 Å². The van der Waals surface area contributed by atoms with Gasteiger partial charge in [-0.3, -0.25) is 9.59 Å². The average molecular weight is 297 g/mol. The Morgan fingerprint density at radius 1 is 0.864 bits per heavy atom. The molecule has 22 heavy (non-hydrogen) atoms. The lowest BCUT2D eigenvalue weighted by molar-refractivity contribution is 0.100. The van der Waals surface area contributed by atoms with Crippen LogP contribution >= 0.6 is 0 Å². The van der Waals surface area contributed by atoms with E-state index >= 15 is 0 Å². The van der Waals surface area contributed by atoms with E-state index in [2.05, 4.69) is 6.92 Å². The van der Waals surface area contributed by atoms with E-state index in [4.69, 9.17) is 5.73 Å². The summed E-state index contributed by atoms with van der Waals surface area (Å²) >= 11 is 0. The van der Waals surface area contributed by atoms with Crippen LogP contribution in [-0.2, 0) is 13.0 Å². The predicted octanol–water partition coefficient (Wildman–Crippen LogP) is 3.80. The molecule has 2 N–H and O–H groups in total. The topological polar surface area (TPSA) is 60.2 Å². The molecule has 0 saturated carbocycles. The van der Waals surface area contributed by atoms with Crippen molar-refractivity contribution in [2.45, 2.75) is 33.7 Å². The molecule has 0 bridgehead atoms. The number of aryl methyl sites for hydroxylation is 1. The molecule has 2 rings (SSSR count). The Kier molecular flexibility index (Phi) is 7.20. The van der Waals surface area contributed by atoms with Gasteiger partial charge in [-0.1, -0.05) is 43.3 Å². The molecule has 3 heteroatoms. The normalized spacial score (nSPS) is 9.64. The monoisotopic (exact) mass is 297 g/mol. The van der Waals surface area contributed by atoms with Crippen molar-refractivity contribution in [1.82, 2.24) is 0 Å². The number of hydrogen-bond donors (Lipinski definition) is 1. The quantitative estimate of drug-likeness (QED) is 0.873. The fourth-order valence-corrected chi connectivity index (χ4v) is 1.93. The number of nitrogens with two attached hydrogens (primary N) is 1. The number of rotatable bonds is 4. The third-order valence-electron chi connectivity index (χ3n) is 3.31. The number of benzene rings is 2. The fourth-order valence-electron chi connectivity index (χ4n) is 1.93. The van der Waals surface area contributed by atoms with Gasteiger partial charge in [-0.25, -0.2) is 0 Å². The standard InChI is InChI=1S/C10H12O.C9H11NO/c1-3-9-5-4-6-10(7-9)8(2)11;1-7(11)9-4-2-3-8(5-9)6-10/h4-7H,3H2,1-2H3;2-5H,6,10H2,1H3. The van der Waals surface area contributed by atoms with Crippen molar-refractivity contribution in [3.05, 3.63) is 70.8 Å². The summed E-state index contributed by atoms with van der Waals surface area (Å²) in [6.07, 6.45) is 0.987. The van der Waals surface area contributed by atoms with E-state index in [-0.39, 0.29) is 11.6 Å². The van der Waals surface area contributed by atoms with Crippen molar-refractivity contribution < 1.29 is 9.59 Å². The highest BCUT2D eigenvalue weighted by Gasteiger charge is 1.98. The Balaban J connectivity index is 0.000000220. The van der Waals surface area contributed by atoms with Crippen molar-refractivity contribution in [3.63, 3.8) is 0 Å². The zero-order chi connectivity index (χ0) is 16.5. The van der Waals surface area contributed by atoms with E-state index in [0.29, 0.717) is 6.54 Å². The van der Waals surface area contributed by atoms with Gasteiger partial charge in [0.2, 0.25) is 0 Å². The summed E-state index contributed by atoms with van der Waals surface area (Å²) in [4.78, 5) is 21.8. The van der Waals surface area contributed by atoms with Gasteiger partial charge in [0.05, 0.1) is 0 Å². The second-order valence-corrected chi connectivity index (χ2v) is 5.07. The smallest absolute Gasteiger partial charge is 0.159 e. The lowest BCUT2D eigenvalue weighted by Crippen LogP contribution is -1.98. The second-order valence-electron chi connectivity index (χ2n) is 5.07. The third kappa shape index (κ3) is 5.62. The lowest BCUT2D eigenvalue weighted by atomic mass is 10.1. The van der Waals surface area contributed by atoms with E-state index in [1.807, 2.05) is 42.5 Å². The summed E-state index contributed by atoms with van der Waals surface area (Å²) in [6.45, 7) is 5.71. The highest BCUT2D eigenvalue weighted by atomic mass is 16.1. The Labute approximate surface area is 132 Å². The first-order chi connectivity index (χ1) is 10.5. The highest BCUT2D eigenvalue weighted by Crippen LogP contribution is 2.06. The van der Waals surface area contributed by atoms with Gasteiger partial charge >= 0.3 is 0 Å². The maximum Gasteiger partial charge on any atom is 0.159 e. The van der Waals surface area contributed by atoms with Crippen LogP contribution in [0.1, 0.15) is 52.6 Å². The molecule has 0 amide bonds. The van der Waals surface area contributed by atoms with E-state index in [1.165, 1.54) is 5.56 Å². The molecule has 0 spiro atoms. The number of ketones is 2. The Morgan fingerprint density at radius 2 is 1.32 bits per heavy atom. The van der Waals surface area contributed by atoms with Gasteiger partial charge in [-0.2, -0.15) is 0 Å². The molecule has 0 heterocycles. The maximum atomic E-state index is 10.9. The molecular formula is C19H23NO2. The Morgan fingerprint density at radius 3 is 1.73 bits per heavy atom. The van der Waals surface area contributed by atoms with Gasteiger partial charge in [0.15, 0.2) is 11.6 Å². The predicted molar refractivity (Wildman–Crippen MR) is 90.2 cm³/mol. The number of carbonyl (C=O) groups excluding carboxylic acids is 2. The van der Waals surface area contributed by atoms with E-state index in [0.717, 1.165) is 23.1 Å². The van der Waals surface area contributed by atoms with Crippen LogP contribution in [0.5, 0.6) is 0 Å². The lowest BCUT2D eigenvalue weighted by Gasteiger charge is -1.98. The van der Waals surface area contributed by atoms with Crippen LogP contribution < -0.4 is 5.73 Å². The van der Waals surface area contributed by atoms with Crippen LogP contribution in [0.15, 0.2) is 48.5 Å². The average Bonchev–Trinajstić information content (AvgIpc) is 2.55. The molecule has 0 aliphatic carbocycles. The first-order valence-corrected chi connectivity index (χ1v) is 7.37. The molecule has 2 aromatic carbocycles. The first-order valence-electron chi connectivity index (χ1n) is 7.37. The summed E-state index contributed by atoms with van der Waals surface area (Å²) < 4.78 is 0. The summed E-state index contributed by atoms with van der Waals surface area (Å²) in [5.74, 6) is 0.223. The Hall–Kier alpha value is -2.26.